The molecule has 0 aromatic heterocycles. The lowest BCUT2D eigenvalue weighted by atomic mass is 9.83. The summed E-state index contributed by atoms with van der Waals surface area (Å²) in [5.41, 5.74) is 1.91. The largest absolute Gasteiger partial charge is 0.481 e. The van der Waals surface area contributed by atoms with Gasteiger partial charge in [-0.15, -0.1) is 0 Å². The van der Waals surface area contributed by atoms with Gasteiger partial charge in [-0.3, -0.25) is 14.4 Å². The van der Waals surface area contributed by atoms with E-state index in [0.29, 0.717) is 5.71 Å². The van der Waals surface area contributed by atoms with Crippen molar-refractivity contribution in [3.63, 3.8) is 0 Å². The Labute approximate surface area is 185 Å². The van der Waals surface area contributed by atoms with Crippen LogP contribution in [0.3, 0.4) is 0 Å². The number of Topliss-reactive ketones (excluding diaryl/α,β-unsaturated/α-hetero) is 1. The number of carboxylic acid groups (broad SMARTS) is 1. The predicted molar refractivity (Wildman–Crippen MR) is 117 cm³/mol. The van der Waals surface area contributed by atoms with E-state index in [1.165, 1.54) is 0 Å². The fraction of sp³-hybridized carbons (Fsp3) is 0.333. The Morgan fingerprint density at radius 3 is 2.38 bits per heavy atom. The lowest BCUT2D eigenvalue weighted by molar-refractivity contribution is -0.152. The number of carbonyl (C=O) groups excluding carboxylic acids is 2. The number of carboxylic acids is 1. The standard InChI is InChI=1S/C24H25FN2O5/c1-15(2)24(23(31)26-19(12-22(29)30)21(28)14-25)13-20(27-32-24)18-10-6-9-17(11-18)16-7-4-3-5-8-16/h3-11,15,19H,12-14H2,1-2H3,(H,26,31)(H,29,30). The topological polar surface area (TPSA) is 105 Å². The summed E-state index contributed by atoms with van der Waals surface area (Å²) in [7, 11) is 0. The van der Waals surface area contributed by atoms with Gasteiger partial charge in [-0.1, -0.05) is 67.5 Å². The maximum Gasteiger partial charge on any atom is 0.305 e. The summed E-state index contributed by atoms with van der Waals surface area (Å²) in [4.78, 5) is 41.6. The van der Waals surface area contributed by atoms with E-state index in [1.807, 2.05) is 54.6 Å². The second-order valence-electron chi connectivity index (χ2n) is 8.02. The number of rotatable bonds is 9. The average Bonchev–Trinajstić information content (AvgIpc) is 3.25. The number of ketones is 1. The first-order valence-corrected chi connectivity index (χ1v) is 10.3. The zero-order chi connectivity index (χ0) is 23.3. The highest BCUT2D eigenvalue weighted by Gasteiger charge is 2.50. The van der Waals surface area contributed by atoms with Crippen molar-refractivity contribution in [3.05, 3.63) is 60.2 Å². The molecular weight excluding hydrogens is 415 g/mol. The number of carbonyl (C=O) groups is 3. The van der Waals surface area contributed by atoms with Crippen molar-refractivity contribution in [3.8, 4) is 11.1 Å². The molecule has 0 bridgehead atoms. The summed E-state index contributed by atoms with van der Waals surface area (Å²) in [6.07, 6.45) is -0.589. The highest BCUT2D eigenvalue weighted by atomic mass is 19.1. The Kier molecular flexibility index (Phi) is 7.02. The SMILES string of the molecule is CC(C)C1(C(=O)NC(CC(=O)O)C(=O)CF)CC(c2cccc(-c3ccccc3)c2)=NO1. The molecule has 0 aliphatic carbocycles. The molecule has 0 radical (unpaired) electrons. The fourth-order valence-electron chi connectivity index (χ4n) is 3.60. The molecule has 1 aliphatic heterocycles. The summed E-state index contributed by atoms with van der Waals surface area (Å²) in [5.74, 6) is -3.38. The third-order valence-electron chi connectivity index (χ3n) is 5.57. The molecule has 7 nitrogen and oxygen atoms in total. The van der Waals surface area contributed by atoms with Gasteiger partial charge in [0.25, 0.3) is 5.91 Å². The minimum absolute atomic E-state index is 0.123. The smallest absolute Gasteiger partial charge is 0.305 e. The van der Waals surface area contributed by atoms with E-state index in [9.17, 15) is 18.8 Å². The third-order valence-corrected chi connectivity index (χ3v) is 5.57. The molecule has 1 amide bonds. The van der Waals surface area contributed by atoms with E-state index < -0.39 is 42.4 Å². The number of amides is 1. The van der Waals surface area contributed by atoms with E-state index in [4.69, 9.17) is 9.94 Å². The number of alkyl halides is 1. The number of nitrogens with zero attached hydrogens (tertiary/aromatic N) is 1. The summed E-state index contributed by atoms with van der Waals surface area (Å²) >= 11 is 0. The average molecular weight is 440 g/mol. The minimum atomic E-state index is -1.48. The zero-order valence-corrected chi connectivity index (χ0v) is 17.9. The molecule has 1 heterocycles. The van der Waals surface area contributed by atoms with Crippen LogP contribution in [0.25, 0.3) is 11.1 Å². The van der Waals surface area contributed by atoms with Gasteiger partial charge < -0.3 is 15.3 Å². The van der Waals surface area contributed by atoms with E-state index >= 15 is 0 Å². The molecule has 0 saturated heterocycles. The van der Waals surface area contributed by atoms with Gasteiger partial charge in [0, 0.05) is 17.9 Å². The molecule has 2 atom stereocenters. The van der Waals surface area contributed by atoms with E-state index in [1.54, 1.807) is 13.8 Å². The monoisotopic (exact) mass is 440 g/mol. The van der Waals surface area contributed by atoms with Crippen molar-refractivity contribution in [2.24, 2.45) is 11.1 Å². The van der Waals surface area contributed by atoms with Crippen molar-refractivity contribution in [2.45, 2.75) is 38.3 Å². The van der Waals surface area contributed by atoms with Crippen LogP contribution in [-0.2, 0) is 19.2 Å². The van der Waals surface area contributed by atoms with Gasteiger partial charge in [-0.2, -0.15) is 0 Å². The normalized spacial score (nSPS) is 18.6. The lowest BCUT2D eigenvalue weighted by Crippen LogP contribution is -2.55. The molecule has 3 rings (SSSR count). The fourth-order valence-corrected chi connectivity index (χ4v) is 3.60. The highest BCUT2D eigenvalue weighted by Crippen LogP contribution is 2.35. The first kappa shape index (κ1) is 23.1. The van der Waals surface area contributed by atoms with Gasteiger partial charge in [0.2, 0.25) is 5.60 Å². The van der Waals surface area contributed by atoms with E-state index in [-0.39, 0.29) is 12.3 Å². The molecule has 2 unspecified atom stereocenters. The Bertz CT molecular complexity index is 1040. The molecule has 0 fully saturated rings. The number of halogens is 1. The summed E-state index contributed by atoms with van der Waals surface area (Å²) in [5, 5.41) is 15.5. The number of nitrogens with one attached hydrogen (secondary N) is 1. The van der Waals surface area contributed by atoms with Crippen molar-refractivity contribution in [1.29, 1.82) is 0 Å². The molecule has 0 saturated carbocycles. The Morgan fingerprint density at radius 1 is 1.09 bits per heavy atom. The second kappa shape index (κ2) is 9.72. The van der Waals surface area contributed by atoms with Gasteiger partial charge in [0.15, 0.2) is 5.78 Å². The minimum Gasteiger partial charge on any atom is -0.481 e. The molecular formula is C24H25FN2O5. The predicted octanol–water partition coefficient (Wildman–Crippen LogP) is 3.37. The van der Waals surface area contributed by atoms with E-state index in [0.717, 1.165) is 16.7 Å². The van der Waals surface area contributed by atoms with Crippen molar-refractivity contribution >= 4 is 23.4 Å². The Morgan fingerprint density at radius 2 is 1.75 bits per heavy atom. The van der Waals surface area contributed by atoms with Crippen molar-refractivity contribution in [1.82, 2.24) is 5.32 Å². The number of oxime groups is 1. The van der Waals surface area contributed by atoms with Crippen LogP contribution in [0.4, 0.5) is 4.39 Å². The van der Waals surface area contributed by atoms with Gasteiger partial charge in [0.1, 0.15) is 12.7 Å². The molecule has 0 spiro atoms. The molecule has 1 aliphatic rings. The highest BCUT2D eigenvalue weighted by molar-refractivity contribution is 6.06. The number of aliphatic carboxylic acids is 1. The van der Waals surface area contributed by atoms with Crippen LogP contribution in [0, 0.1) is 5.92 Å². The molecule has 32 heavy (non-hydrogen) atoms. The van der Waals surface area contributed by atoms with Crippen LogP contribution in [0.15, 0.2) is 59.8 Å². The van der Waals surface area contributed by atoms with E-state index in [2.05, 4.69) is 10.5 Å². The summed E-state index contributed by atoms with van der Waals surface area (Å²) in [6.45, 7) is 2.16. The molecule has 2 aromatic carbocycles. The first-order chi connectivity index (χ1) is 15.3. The Hall–Kier alpha value is -3.55. The van der Waals surface area contributed by atoms with Crippen molar-refractivity contribution in [2.75, 3.05) is 6.67 Å². The Balaban J connectivity index is 1.83. The van der Waals surface area contributed by atoms with Gasteiger partial charge >= 0.3 is 5.97 Å². The van der Waals surface area contributed by atoms with Crippen LogP contribution in [0.2, 0.25) is 0 Å². The number of hydrogen-bond donors (Lipinski definition) is 2. The van der Waals surface area contributed by atoms with Crippen LogP contribution in [0.1, 0.15) is 32.3 Å². The van der Waals surface area contributed by atoms with Gasteiger partial charge in [0.05, 0.1) is 12.1 Å². The van der Waals surface area contributed by atoms with Crippen LogP contribution < -0.4 is 5.32 Å². The lowest BCUT2D eigenvalue weighted by Gasteiger charge is -2.30. The van der Waals surface area contributed by atoms with Crippen LogP contribution in [-0.4, -0.2) is 46.8 Å². The maximum absolute atomic E-state index is 13.1. The van der Waals surface area contributed by atoms with Gasteiger partial charge in [-0.25, -0.2) is 4.39 Å². The molecule has 2 aromatic rings. The maximum atomic E-state index is 13.1. The summed E-state index contributed by atoms with van der Waals surface area (Å²) in [6, 6.07) is 16.0. The zero-order valence-electron chi connectivity index (χ0n) is 17.9. The summed E-state index contributed by atoms with van der Waals surface area (Å²) < 4.78 is 12.9. The molecule has 168 valence electrons. The molecule has 8 heteroatoms. The third kappa shape index (κ3) is 4.85. The van der Waals surface area contributed by atoms with Crippen molar-refractivity contribution < 1.29 is 28.7 Å². The number of hydrogen-bond acceptors (Lipinski definition) is 5. The number of benzene rings is 2. The first-order valence-electron chi connectivity index (χ1n) is 10.3. The van der Waals surface area contributed by atoms with Gasteiger partial charge in [-0.05, 0) is 17.2 Å². The van der Waals surface area contributed by atoms with Crippen LogP contribution in [0.5, 0.6) is 0 Å². The molecule has 2 N–H and O–H groups in total. The van der Waals surface area contributed by atoms with Crippen LogP contribution >= 0.6 is 0 Å². The second-order valence-corrected chi connectivity index (χ2v) is 8.02. The quantitative estimate of drug-likeness (QED) is 0.622.